The molecular formula is C16H12FN5O. The number of amides is 1. The molecule has 1 aromatic carbocycles. The van der Waals surface area contributed by atoms with Crippen molar-refractivity contribution in [2.45, 2.75) is 6.92 Å². The second kappa shape index (κ2) is 5.77. The van der Waals surface area contributed by atoms with E-state index in [1.54, 1.807) is 18.5 Å². The van der Waals surface area contributed by atoms with Crippen LogP contribution in [0.5, 0.6) is 0 Å². The smallest absolute Gasteiger partial charge is 0.272 e. The van der Waals surface area contributed by atoms with Crippen LogP contribution in [0.15, 0.2) is 42.9 Å². The monoisotopic (exact) mass is 309 g/mol. The first kappa shape index (κ1) is 14.5. The van der Waals surface area contributed by atoms with Gasteiger partial charge >= 0.3 is 0 Å². The molecule has 0 aliphatic heterocycles. The molecule has 3 aromatic rings. The molecule has 0 unspecified atom stereocenters. The normalized spacial score (nSPS) is 10.3. The molecule has 0 saturated carbocycles. The fraction of sp³-hybridized carbons (Fsp3) is 0.0625. The van der Waals surface area contributed by atoms with Gasteiger partial charge in [-0.1, -0.05) is 0 Å². The van der Waals surface area contributed by atoms with Crippen molar-refractivity contribution >= 4 is 11.6 Å². The fourth-order valence-corrected chi connectivity index (χ4v) is 2.10. The molecular weight excluding hydrogens is 297 g/mol. The van der Waals surface area contributed by atoms with Gasteiger partial charge in [0, 0.05) is 18.1 Å². The van der Waals surface area contributed by atoms with Crippen molar-refractivity contribution < 1.29 is 9.18 Å². The second-order valence-electron chi connectivity index (χ2n) is 5.00. The van der Waals surface area contributed by atoms with E-state index in [1.807, 2.05) is 13.0 Å². The third-order valence-electron chi connectivity index (χ3n) is 3.22. The van der Waals surface area contributed by atoms with Gasteiger partial charge in [-0.15, -0.1) is 0 Å². The molecule has 0 fully saturated rings. The number of nitrogens with zero attached hydrogens (tertiary/aromatic N) is 3. The highest BCUT2D eigenvalue weighted by Crippen LogP contribution is 2.19. The molecule has 1 amide bonds. The summed E-state index contributed by atoms with van der Waals surface area (Å²) in [4.78, 5) is 14.7. The lowest BCUT2D eigenvalue weighted by molar-refractivity contribution is 0.102. The highest BCUT2D eigenvalue weighted by molar-refractivity contribution is 6.03. The van der Waals surface area contributed by atoms with Crippen molar-refractivity contribution in [3.05, 3.63) is 65.5 Å². The summed E-state index contributed by atoms with van der Waals surface area (Å²) in [6, 6.07) is 7.68. The zero-order chi connectivity index (χ0) is 16.4. The number of carbonyl (C=O) groups is 1. The van der Waals surface area contributed by atoms with Crippen molar-refractivity contribution in [2.24, 2.45) is 0 Å². The maximum Gasteiger partial charge on any atom is 0.272 e. The lowest BCUT2D eigenvalue weighted by Crippen LogP contribution is -2.12. The quantitative estimate of drug-likeness (QED) is 0.780. The van der Waals surface area contributed by atoms with Gasteiger partial charge in [0.1, 0.15) is 17.5 Å². The topological polar surface area (TPSA) is 86.5 Å². The van der Waals surface area contributed by atoms with Crippen LogP contribution in [0.4, 0.5) is 10.1 Å². The number of benzene rings is 1. The number of rotatable bonds is 3. The molecule has 2 aromatic heterocycles. The van der Waals surface area contributed by atoms with Crippen LogP contribution in [0.1, 0.15) is 21.6 Å². The predicted molar refractivity (Wildman–Crippen MR) is 81.7 cm³/mol. The summed E-state index contributed by atoms with van der Waals surface area (Å²) in [6.07, 6.45) is 4.77. The van der Waals surface area contributed by atoms with Crippen LogP contribution in [0.3, 0.4) is 0 Å². The molecule has 7 heteroatoms. The standard InChI is InChI=1S/C16H12FN5O/c1-10-7-20-22(9-10)15-3-2-12(5-13(15)17)21-16(23)14-4-11(6-18)8-19-14/h2-5,7-9,19H,1H3,(H,21,23). The number of carbonyl (C=O) groups excluding carboxylic acids is 1. The van der Waals surface area contributed by atoms with Crippen LogP contribution in [0.2, 0.25) is 0 Å². The molecule has 6 nitrogen and oxygen atoms in total. The molecule has 0 radical (unpaired) electrons. The summed E-state index contributed by atoms with van der Waals surface area (Å²) in [7, 11) is 0. The number of hydrogen-bond donors (Lipinski definition) is 2. The third-order valence-corrected chi connectivity index (χ3v) is 3.22. The molecule has 0 saturated heterocycles. The predicted octanol–water partition coefficient (Wildman–Crippen LogP) is 2.77. The Morgan fingerprint density at radius 1 is 1.43 bits per heavy atom. The molecule has 2 heterocycles. The SMILES string of the molecule is Cc1cnn(-c2ccc(NC(=O)c3cc(C#N)c[nH]3)cc2F)c1. The molecule has 0 aliphatic carbocycles. The maximum absolute atomic E-state index is 14.2. The molecule has 0 aliphatic rings. The fourth-order valence-electron chi connectivity index (χ4n) is 2.10. The van der Waals surface area contributed by atoms with Gasteiger partial charge in [0.25, 0.3) is 5.91 Å². The van der Waals surface area contributed by atoms with Crippen LogP contribution >= 0.6 is 0 Å². The summed E-state index contributed by atoms with van der Waals surface area (Å²) < 4.78 is 15.6. The van der Waals surface area contributed by atoms with Crippen LogP contribution in [0, 0.1) is 24.1 Å². The molecule has 23 heavy (non-hydrogen) atoms. The van der Waals surface area contributed by atoms with E-state index in [2.05, 4.69) is 15.4 Å². The van der Waals surface area contributed by atoms with Gasteiger partial charge < -0.3 is 10.3 Å². The van der Waals surface area contributed by atoms with Crippen LogP contribution in [0.25, 0.3) is 5.69 Å². The van der Waals surface area contributed by atoms with Gasteiger partial charge in [-0.3, -0.25) is 4.79 Å². The van der Waals surface area contributed by atoms with Gasteiger partial charge in [-0.05, 0) is 36.8 Å². The van der Waals surface area contributed by atoms with Crippen LogP contribution in [-0.2, 0) is 0 Å². The van der Waals surface area contributed by atoms with E-state index in [0.29, 0.717) is 16.9 Å². The van der Waals surface area contributed by atoms with Gasteiger partial charge in [-0.2, -0.15) is 10.4 Å². The van der Waals surface area contributed by atoms with E-state index in [9.17, 15) is 9.18 Å². The first-order valence-corrected chi connectivity index (χ1v) is 6.78. The summed E-state index contributed by atoms with van der Waals surface area (Å²) in [5.74, 6) is -0.955. The van der Waals surface area contributed by atoms with Crippen molar-refractivity contribution in [1.29, 1.82) is 5.26 Å². The lowest BCUT2D eigenvalue weighted by atomic mass is 10.2. The van der Waals surface area contributed by atoms with Crippen LogP contribution < -0.4 is 5.32 Å². The van der Waals surface area contributed by atoms with E-state index in [4.69, 9.17) is 5.26 Å². The Morgan fingerprint density at radius 3 is 2.87 bits per heavy atom. The Labute approximate surface area is 131 Å². The number of nitrogens with one attached hydrogen (secondary N) is 2. The van der Waals surface area contributed by atoms with Crippen molar-refractivity contribution in [2.75, 3.05) is 5.32 Å². The molecule has 114 valence electrons. The Kier molecular flexibility index (Phi) is 3.65. The number of aromatic nitrogens is 3. The molecule has 2 N–H and O–H groups in total. The number of halogens is 1. The molecule has 0 atom stereocenters. The number of H-pyrrole nitrogens is 1. The summed E-state index contributed by atoms with van der Waals surface area (Å²) in [5, 5.41) is 15.4. The summed E-state index contributed by atoms with van der Waals surface area (Å²) in [5.41, 5.74) is 2.11. The van der Waals surface area contributed by atoms with Gasteiger partial charge in [0.05, 0.1) is 11.8 Å². The van der Waals surface area contributed by atoms with E-state index < -0.39 is 11.7 Å². The van der Waals surface area contributed by atoms with Gasteiger partial charge in [0.2, 0.25) is 0 Å². The third kappa shape index (κ3) is 2.96. The Hall–Kier alpha value is -3.40. The Morgan fingerprint density at radius 2 is 2.26 bits per heavy atom. The summed E-state index contributed by atoms with van der Waals surface area (Å²) >= 11 is 0. The minimum Gasteiger partial charge on any atom is -0.356 e. The zero-order valence-electron chi connectivity index (χ0n) is 12.2. The maximum atomic E-state index is 14.2. The van der Waals surface area contributed by atoms with Crippen molar-refractivity contribution in [1.82, 2.24) is 14.8 Å². The zero-order valence-corrected chi connectivity index (χ0v) is 12.2. The Balaban J connectivity index is 1.80. The first-order valence-electron chi connectivity index (χ1n) is 6.78. The second-order valence-corrected chi connectivity index (χ2v) is 5.00. The average molecular weight is 309 g/mol. The molecule has 0 bridgehead atoms. The van der Waals surface area contributed by atoms with E-state index in [-0.39, 0.29) is 5.69 Å². The van der Waals surface area contributed by atoms with Gasteiger partial charge in [-0.25, -0.2) is 9.07 Å². The van der Waals surface area contributed by atoms with Crippen molar-refractivity contribution in [3.63, 3.8) is 0 Å². The largest absolute Gasteiger partial charge is 0.356 e. The number of anilines is 1. The number of aryl methyl sites for hydroxylation is 1. The first-order chi connectivity index (χ1) is 11.1. The number of hydrogen-bond acceptors (Lipinski definition) is 3. The lowest BCUT2D eigenvalue weighted by Gasteiger charge is -2.07. The number of aromatic amines is 1. The molecule has 0 spiro atoms. The molecule has 3 rings (SSSR count). The highest BCUT2D eigenvalue weighted by atomic mass is 19.1. The minimum atomic E-state index is -0.505. The average Bonchev–Trinajstić information content (AvgIpc) is 3.16. The van der Waals surface area contributed by atoms with E-state index in [0.717, 1.165) is 5.56 Å². The van der Waals surface area contributed by atoms with Gasteiger partial charge in [0.15, 0.2) is 5.82 Å². The summed E-state index contributed by atoms with van der Waals surface area (Å²) in [6.45, 7) is 1.86. The van der Waals surface area contributed by atoms with E-state index in [1.165, 1.54) is 29.1 Å². The van der Waals surface area contributed by atoms with E-state index >= 15 is 0 Å². The highest BCUT2D eigenvalue weighted by Gasteiger charge is 2.11. The minimum absolute atomic E-state index is 0.230. The van der Waals surface area contributed by atoms with Crippen LogP contribution in [-0.4, -0.2) is 20.7 Å². The Bertz CT molecular complexity index is 919. The number of nitriles is 1. The van der Waals surface area contributed by atoms with Crippen molar-refractivity contribution in [3.8, 4) is 11.8 Å².